The van der Waals surface area contributed by atoms with E-state index in [0.717, 1.165) is 0 Å². The Kier molecular flexibility index (Phi) is 4.10. The minimum Gasteiger partial charge on any atom is -0.461 e. The summed E-state index contributed by atoms with van der Waals surface area (Å²) < 4.78 is 9.82. The topological polar surface area (TPSA) is 52.6 Å². The molecule has 0 aliphatic rings. The highest BCUT2D eigenvalue weighted by molar-refractivity contribution is 5.71. The first kappa shape index (κ1) is 12.9. The van der Waals surface area contributed by atoms with Gasteiger partial charge in [-0.25, -0.2) is 0 Å². The molecule has 14 heavy (non-hydrogen) atoms. The number of rotatable bonds is 4. The summed E-state index contributed by atoms with van der Waals surface area (Å²) >= 11 is 0. The van der Waals surface area contributed by atoms with E-state index in [9.17, 15) is 9.59 Å². The van der Waals surface area contributed by atoms with Crippen molar-refractivity contribution in [2.24, 2.45) is 0 Å². The first-order valence-corrected chi connectivity index (χ1v) is 4.50. The van der Waals surface area contributed by atoms with Crippen LogP contribution in [-0.4, -0.2) is 23.6 Å². The number of hydrogen-bond acceptors (Lipinski definition) is 4. The van der Waals surface area contributed by atoms with Gasteiger partial charge in [0.2, 0.25) is 0 Å². The van der Waals surface area contributed by atoms with Crippen LogP contribution in [0.25, 0.3) is 0 Å². The zero-order chi connectivity index (χ0) is 11.4. The van der Waals surface area contributed by atoms with E-state index in [1.54, 1.807) is 34.6 Å². The van der Waals surface area contributed by atoms with E-state index in [4.69, 9.17) is 9.47 Å². The van der Waals surface area contributed by atoms with Crippen LogP contribution in [0.15, 0.2) is 0 Å². The van der Waals surface area contributed by atoms with E-state index in [1.807, 2.05) is 0 Å². The number of carbonyl (C=O) groups excluding carboxylic acids is 2. The van der Waals surface area contributed by atoms with Crippen molar-refractivity contribution >= 4 is 12.4 Å². The average molecular weight is 202 g/mol. The number of ether oxygens (including phenoxy) is 2. The summed E-state index contributed by atoms with van der Waals surface area (Å²) in [4.78, 5) is 21.4. The smallest absolute Gasteiger partial charge is 0.310 e. The Balaban J connectivity index is 4.12. The van der Waals surface area contributed by atoms with Crippen LogP contribution in [0.2, 0.25) is 0 Å². The second-order valence-electron chi connectivity index (χ2n) is 4.74. The molecule has 0 aromatic rings. The van der Waals surface area contributed by atoms with Gasteiger partial charge in [0.05, 0.1) is 6.42 Å². The fourth-order valence-corrected chi connectivity index (χ4v) is 0.897. The lowest BCUT2D eigenvalue weighted by Gasteiger charge is -2.25. The van der Waals surface area contributed by atoms with Gasteiger partial charge in [-0.05, 0) is 34.6 Å². The highest BCUT2D eigenvalue weighted by atomic mass is 16.6. The van der Waals surface area contributed by atoms with Gasteiger partial charge < -0.3 is 9.47 Å². The molecule has 0 saturated heterocycles. The van der Waals surface area contributed by atoms with Gasteiger partial charge in [0.1, 0.15) is 11.2 Å². The quantitative estimate of drug-likeness (QED) is 0.514. The summed E-state index contributed by atoms with van der Waals surface area (Å²) in [5, 5.41) is 0. The minimum absolute atomic E-state index is 0.0585. The van der Waals surface area contributed by atoms with E-state index >= 15 is 0 Å². The second kappa shape index (κ2) is 4.44. The van der Waals surface area contributed by atoms with Crippen LogP contribution in [0.3, 0.4) is 0 Å². The van der Waals surface area contributed by atoms with Gasteiger partial charge in [-0.2, -0.15) is 0 Å². The predicted octanol–water partition coefficient (Wildman–Crippen LogP) is 1.67. The molecule has 4 nitrogen and oxygen atoms in total. The molecule has 0 bridgehead atoms. The molecule has 0 atom stereocenters. The van der Waals surface area contributed by atoms with Crippen molar-refractivity contribution < 1.29 is 19.1 Å². The van der Waals surface area contributed by atoms with Crippen LogP contribution in [0.1, 0.15) is 41.0 Å². The molecule has 0 saturated carbocycles. The Morgan fingerprint density at radius 1 is 1.21 bits per heavy atom. The molecule has 0 unspecified atom stereocenters. The third-order valence-electron chi connectivity index (χ3n) is 1.36. The summed E-state index contributed by atoms with van der Waals surface area (Å²) in [5.74, 6) is -0.371. The van der Waals surface area contributed by atoms with E-state index in [2.05, 4.69) is 0 Å². The lowest BCUT2D eigenvalue weighted by Crippen LogP contribution is -2.32. The Morgan fingerprint density at radius 2 is 1.71 bits per heavy atom. The van der Waals surface area contributed by atoms with Crippen molar-refractivity contribution in [3.63, 3.8) is 0 Å². The molecule has 82 valence electrons. The monoisotopic (exact) mass is 202 g/mol. The van der Waals surface area contributed by atoms with Crippen molar-refractivity contribution in [2.75, 3.05) is 0 Å². The molecular weight excluding hydrogens is 184 g/mol. The van der Waals surface area contributed by atoms with E-state index in [1.165, 1.54) is 0 Å². The first-order valence-electron chi connectivity index (χ1n) is 4.50. The molecule has 0 spiro atoms. The van der Waals surface area contributed by atoms with Crippen LogP contribution in [0.4, 0.5) is 0 Å². The van der Waals surface area contributed by atoms with Crippen LogP contribution < -0.4 is 0 Å². The number of esters is 1. The summed E-state index contributed by atoms with van der Waals surface area (Å²) in [6, 6.07) is 0. The maximum atomic E-state index is 11.3. The van der Waals surface area contributed by atoms with Crippen molar-refractivity contribution in [2.45, 2.75) is 52.2 Å². The summed E-state index contributed by atoms with van der Waals surface area (Å²) in [6.45, 7) is 9.02. The molecule has 0 radical (unpaired) electrons. The Labute approximate surface area is 84.6 Å². The van der Waals surface area contributed by atoms with Crippen LogP contribution in [0.5, 0.6) is 0 Å². The molecular formula is C10H18O4. The number of hydrogen-bond donors (Lipinski definition) is 0. The minimum atomic E-state index is -0.802. The Bertz CT molecular complexity index is 213. The van der Waals surface area contributed by atoms with Crippen molar-refractivity contribution in [1.29, 1.82) is 0 Å². The van der Waals surface area contributed by atoms with Gasteiger partial charge in [-0.1, -0.05) is 0 Å². The highest BCUT2D eigenvalue weighted by Gasteiger charge is 2.26. The second-order valence-corrected chi connectivity index (χ2v) is 4.74. The van der Waals surface area contributed by atoms with Crippen molar-refractivity contribution in [1.82, 2.24) is 0 Å². The largest absolute Gasteiger partial charge is 0.461 e. The molecule has 0 aliphatic heterocycles. The van der Waals surface area contributed by atoms with Gasteiger partial charge in [-0.3, -0.25) is 9.59 Å². The van der Waals surface area contributed by atoms with Crippen molar-refractivity contribution in [3.05, 3.63) is 0 Å². The standard InChI is InChI=1S/C10H18O4/c1-9(2,3)14-8(12)6-10(4,5)13-7-11/h7H,6H2,1-5H3. The van der Waals surface area contributed by atoms with Gasteiger partial charge in [-0.15, -0.1) is 0 Å². The lowest BCUT2D eigenvalue weighted by molar-refractivity contribution is -0.162. The zero-order valence-electron chi connectivity index (χ0n) is 9.42. The fourth-order valence-electron chi connectivity index (χ4n) is 0.897. The molecule has 0 aliphatic carbocycles. The van der Waals surface area contributed by atoms with Gasteiger partial charge >= 0.3 is 5.97 Å². The number of carbonyl (C=O) groups is 2. The third kappa shape index (κ3) is 6.46. The highest BCUT2D eigenvalue weighted by Crippen LogP contribution is 2.17. The molecule has 0 heterocycles. The SMILES string of the molecule is CC(C)(C)OC(=O)CC(C)(C)OC=O. The summed E-state index contributed by atoms with van der Waals surface area (Å²) in [5.41, 5.74) is -1.31. The molecule has 0 amide bonds. The van der Waals surface area contributed by atoms with Crippen LogP contribution >= 0.6 is 0 Å². The van der Waals surface area contributed by atoms with Gasteiger partial charge in [0.25, 0.3) is 6.47 Å². The normalized spacial score (nSPS) is 12.1. The summed E-state index contributed by atoms with van der Waals surface area (Å²) in [7, 11) is 0. The summed E-state index contributed by atoms with van der Waals surface area (Å²) in [6.07, 6.45) is 0.0585. The Morgan fingerprint density at radius 3 is 2.07 bits per heavy atom. The fraction of sp³-hybridized carbons (Fsp3) is 0.800. The zero-order valence-corrected chi connectivity index (χ0v) is 9.42. The van der Waals surface area contributed by atoms with Crippen LogP contribution in [0, 0.1) is 0 Å². The van der Waals surface area contributed by atoms with E-state index < -0.39 is 11.2 Å². The van der Waals surface area contributed by atoms with Gasteiger partial charge in [0, 0.05) is 0 Å². The van der Waals surface area contributed by atoms with Gasteiger partial charge in [0.15, 0.2) is 0 Å². The average Bonchev–Trinajstić information content (AvgIpc) is 1.78. The maximum absolute atomic E-state index is 11.3. The predicted molar refractivity (Wildman–Crippen MR) is 51.7 cm³/mol. The third-order valence-corrected chi connectivity index (χ3v) is 1.36. The van der Waals surface area contributed by atoms with E-state index in [0.29, 0.717) is 6.47 Å². The lowest BCUT2D eigenvalue weighted by atomic mass is 10.1. The van der Waals surface area contributed by atoms with E-state index in [-0.39, 0.29) is 12.4 Å². The molecule has 0 fully saturated rings. The first-order chi connectivity index (χ1) is 6.16. The molecule has 4 heteroatoms. The van der Waals surface area contributed by atoms with Crippen molar-refractivity contribution in [3.8, 4) is 0 Å². The molecule has 0 aromatic heterocycles. The Hall–Kier alpha value is -1.06. The van der Waals surface area contributed by atoms with Crippen LogP contribution in [-0.2, 0) is 19.1 Å². The molecule has 0 rings (SSSR count). The maximum Gasteiger partial charge on any atom is 0.310 e. The molecule has 0 N–H and O–H groups in total. The molecule has 0 aromatic carbocycles.